The maximum Gasteiger partial charge on any atom is 0.316 e. The zero-order valence-corrected chi connectivity index (χ0v) is 16.3. The first kappa shape index (κ1) is 19.7. The van der Waals surface area contributed by atoms with Gasteiger partial charge in [-0.05, 0) is 43.3 Å². The fraction of sp³-hybridized carbons (Fsp3) is 0.263. The summed E-state index contributed by atoms with van der Waals surface area (Å²) in [5.41, 5.74) is 0.454. The van der Waals surface area contributed by atoms with Crippen LogP contribution in [0.3, 0.4) is 0 Å². The molecule has 0 aliphatic heterocycles. The van der Waals surface area contributed by atoms with Crippen molar-refractivity contribution in [1.82, 2.24) is 14.8 Å². The summed E-state index contributed by atoms with van der Waals surface area (Å²) in [7, 11) is 1.55. The van der Waals surface area contributed by atoms with E-state index in [1.807, 2.05) is 11.5 Å². The van der Waals surface area contributed by atoms with E-state index in [1.54, 1.807) is 49.8 Å². The van der Waals surface area contributed by atoms with E-state index in [4.69, 9.17) is 13.9 Å². The molecule has 0 aliphatic carbocycles. The number of benzene rings is 1. The standard InChI is InChI=1S/C19H19N3O5S/c1-3-22-18(16-5-4-10-26-16)20-21-19(22)28-12-17(24)27-11-15(23)13-6-8-14(25-2)9-7-13/h4-10H,3,11-12H2,1-2H3. The van der Waals surface area contributed by atoms with Crippen LogP contribution in [0.5, 0.6) is 5.75 Å². The largest absolute Gasteiger partial charge is 0.497 e. The molecule has 0 radical (unpaired) electrons. The van der Waals surface area contributed by atoms with Crippen molar-refractivity contribution in [3.05, 3.63) is 48.2 Å². The van der Waals surface area contributed by atoms with Crippen LogP contribution in [0, 0.1) is 0 Å². The minimum atomic E-state index is -0.503. The number of ether oxygens (including phenoxy) is 2. The maximum absolute atomic E-state index is 12.1. The van der Waals surface area contributed by atoms with Crippen LogP contribution in [0.1, 0.15) is 17.3 Å². The highest BCUT2D eigenvalue weighted by Crippen LogP contribution is 2.24. The van der Waals surface area contributed by atoms with E-state index in [9.17, 15) is 9.59 Å². The molecule has 0 atom stereocenters. The lowest BCUT2D eigenvalue weighted by Gasteiger charge is -2.07. The Bertz CT molecular complexity index is 935. The molecule has 1 aromatic carbocycles. The van der Waals surface area contributed by atoms with Crippen molar-refractivity contribution in [1.29, 1.82) is 0 Å². The molecular weight excluding hydrogens is 382 g/mol. The number of hydrogen-bond donors (Lipinski definition) is 0. The number of hydrogen-bond acceptors (Lipinski definition) is 8. The predicted octanol–water partition coefficient (Wildman–Crippen LogP) is 3.08. The van der Waals surface area contributed by atoms with Crippen molar-refractivity contribution in [2.24, 2.45) is 0 Å². The van der Waals surface area contributed by atoms with Crippen LogP contribution >= 0.6 is 11.8 Å². The Morgan fingerprint density at radius 2 is 1.96 bits per heavy atom. The molecule has 8 nitrogen and oxygen atoms in total. The van der Waals surface area contributed by atoms with Crippen molar-refractivity contribution in [3.8, 4) is 17.3 Å². The fourth-order valence-corrected chi connectivity index (χ4v) is 3.24. The molecule has 146 valence electrons. The van der Waals surface area contributed by atoms with Crippen LogP contribution in [0.15, 0.2) is 52.2 Å². The third-order valence-corrected chi connectivity index (χ3v) is 4.81. The molecule has 2 heterocycles. The molecule has 0 amide bonds. The van der Waals surface area contributed by atoms with Gasteiger partial charge in [-0.3, -0.25) is 14.2 Å². The second-order valence-corrected chi connectivity index (χ2v) is 6.57. The molecule has 0 bridgehead atoms. The van der Waals surface area contributed by atoms with Crippen molar-refractivity contribution < 1.29 is 23.5 Å². The van der Waals surface area contributed by atoms with Gasteiger partial charge in [0.05, 0.1) is 19.1 Å². The molecule has 28 heavy (non-hydrogen) atoms. The number of rotatable bonds is 9. The molecule has 0 fully saturated rings. The zero-order valence-electron chi connectivity index (χ0n) is 15.5. The summed E-state index contributed by atoms with van der Waals surface area (Å²) in [4.78, 5) is 24.1. The van der Waals surface area contributed by atoms with E-state index in [2.05, 4.69) is 10.2 Å². The van der Waals surface area contributed by atoms with Gasteiger partial charge in [-0.15, -0.1) is 10.2 Å². The number of aromatic nitrogens is 3. The van der Waals surface area contributed by atoms with Gasteiger partial charge in [-0.1, -0.05) is 11.8 Å². The third-order valence-electron chi connectivity index (χ3n) is 3.87. The third kappa shape index (κ3) is 4.61. The number of furan rings is 1. The van der Waals surface area contributed by atoms with E-state index < -0.39 is 5.97 Å². The van der Waals surface area contributed by atoms with Gasteiger partial charge in [0.25, 0.3) is 0 Å². The monoisotopic (exact) mass is 401 g/mol. The zero-order chi connectivity index (χ0) is 19.9. The quantitative estimate of drug-likeness (QED) is 0.307. The number of carbonyl (C=O) groups is 2. The SMILES string of the molecule is CCn1c(SCC(=O)OCC(=O)c2ccc(OC)cc2)nnc1-c1ccco1. The average Bonchev–Trinajstić information content (AvgIpc) is 3.39. The van der Waals surface area contributed by atoms with Crippen molar-refractivity contribution in [2.45, 2.75) is 18.6 Å². The summed E-state index contributed by atoms with van der Waals surface area (Å²) in [6.07, 6.45) is 1.56. The minimum Gasteiger partial charge on any atom is -0.497 e. The predicted molar refractivity (Wildman–Crippen MR) is 102 cm³/mol. The van der Waals surface area contributed by atoms with Crippen LogP contribution in [0.2, 0.25) is 0 Å². The minimum absolute atomic E-state index is 0.0200. The summed E-state index contributed by atoms with van der Waals surface area (Å²) >= 11 is 1.20. The van der Waals surface area contributed by atoms with Crippen molar-refractivity contribution >= 4 is 23.5 Å². The van der Waals surface area contributed by atoms with E-state index in [0.717, 1.165) is 0 Å². The molecule has 0 spiro atoms. The summed E-state index contributed by atoms with van der Waals surface area (Å²) in [6.45, 7) is 2.26. The Morgan fingerprint density at radius 3 is 2.61 bits per heavy atom. The van der Waals surface area contributed by atoms with Gasteiger partial charge in [0.2, 0.25) is 0 Å². The molecule has 3 aromatic rings. The molecular formula is C19H19N3O5S. The van der Waals surface area contributed by atoms with Crippen LogP contribution in [0.4, 0.5) is 0 Å². The Hall–Kier alpha value is -3.07. The summed E-state index contributed by atoms with van der Waals surface area (Å²) in [6, 6.07) is 10.2. The van der Waals surface area contributed by atoms with Gasteiger partial charge in [0.1, 0.15) is 5.75 Å². The summed E-state index contributed by atoms with van der Waals surface area (Å²) in [5.74, 6) is 1.09. The first-order valence-corrected chi connectivity index (χ1v) is 9.53. The van der Waals surface area contributed by atoms with Crippen LogP contribution in [0.25, 0.3) is 11.6 Å². The van der Waals surface area contributed by atoms with E-state index >= 15 is 0 Å². The van der Waals surface area contributed by atoms with Gasteiger partial charge in [-0.2, -0.15) is 0 Å². The van der Waals surface area contributed by atoms with E-state index in [0.29, 0.717) is 34.6 Å². The summed E-state index contributed by atoms with van der Waals surface area (Å²) in [5, 5.41) is 8.80. The first-order chi connectivity index (χ1) is 13.6. The van der Waals surface area contributed by atoms with Gasteiger partial charge in [0.15, 0.2) is 29.1 Å². The average molecular weight is 401 g/mol. The Morgan fingerprint density at radius 1 is 1.18 bits per heavy atom. The molecule has 0 saturated heterocycles. The second-order valence-electron chi connectivity index (χ2n) is 5.63. The Kier molecular flexibility index (Phi) is 6.49. The molecule has 0 unspecified atom stereocenters. The lowest BCUT2D eigenvalue weighted by atomic mass is 10.1. The summed E-state index contributed by atoms with van der Waals surface area (Å²) < 4.78 is 17.3. The molecule has 9 heteroatoms. The van der Waals surface area contributed by atoms with Gasteiger partial charge in [0, 0.05) is 12.1 Å². The van der Waals surface area contributed by atoms with E-state index in [-0.39, 0.29) is 18.1 Å². The molecule has 2 aromatic heterocycles. The van der Waals surface area contributed by atoms with Crippen molar-refractivity contribution in [2.75, 3.05) is 19.5 Å². The van der Waals surface area contributed by atoms with Crippen molar-refractivity contribution in [3.63, 3.8) is 0 Å². The Balaban J connectivity index is 1.52. The highest BCUT2D eigenvalue weighted by Gasteiger charge is 2.17. The van der Waals surface area contributed by atoms with Gasteiger partial charge >= 0.3 is 5.97 Å². The lowest BCUT2D eigenvalue weighted by molar-refractivity contribution is -0.139. The molecule has 0 aliphatic rings. The maximum atomic E-state index is 12.1. The normalized spacial score (nSPS) is 10.6. The first-order valence-electron chi connectivity index (χ1n) is 8.55. The second kappa shape index (κ2) is 9.23. The van der Waals surface area contributed by atoms with Crippen LogP contribution in [-0.4, -0.2) is 46.0 Å². The number of ketones is 1. The topological polar surface area (TPSA) is 96.5 Å². The number of methoxy groups -OCH3 is 1. The van der Waals surface area contributed by atoms with Gasteiger partial charge in [-0.25, -0.2) is 0 Å². The lowest BCUT2D eigenvalue weighted by Crippen LogP contribution is -2.15. The number of Topliss-reactive ketones (excluding diaryl/α,β-unsaturated/α-hetero) is 1. The van der Waals surface area contributed by atoms with Gasteiger partial charge < -0.3 is 13.9 Å². The number of carbonyl (C=O) groups excluding carboxylic acids is 2. The number of nitrogens with zero attached hydrogens (tertiary/aromatic N) is 3. The van der Waals surface area contributed by atoms with E-state index in [1.165, 1.54) is 11.8 Å². The molecule has 0 saturated carbocycles. The van der Waals surface area contributed by atoms with Crippen LogP contribution < -0.4 is 4.74 Å². The Labute approximate surface area is 165 Å². The highest BCUT2D eigenvalue weighted by molar-refractivity contribution is 7.99. The molecule has 0 N–H and O–H groups in total. The fourth-order valence-electron chi connectivity index (χ4n) is 2.44. The number of esters is 1. The smallest absolute Gasteiger partial charge is 0.316 e. The highest BCUT2D eigenvalue weighted by atomic mass is 32.2. The van der Waals surface area contributed by atoms with Crippen LogP contribution in [-0.2, 0) is 16.1 Å². The molecule has 3 rings (SSSR count). The number of thioether (sulfide) groups is 1.